The van der Waals surface area contributed by atoms with Crippen molar-refractivity contribution in [2.45, 2.75) is 20.4 Å². The molecule has 0 bridgehead atoms. The zero-order chi connectivity index (χ0) is 13.8. The molecule has 2 rings (SSSR count). The molecule has 0 atom stereocenters. The third kappa shape index (κ3) is 2.79. The second-order valence-corrected chi connectivity index (χ2v) is 4.58. The molecule has 0 saturated heterocycles. The van der Waals surface area contributed by atoms with Gasteiger partial charge in [-0.3, -0.25) is 0 Å². The molecule has 0 aliphatic heterocycles. The largest absolute Gasteiger partial charge is 0.478 e. The van der Waals surface area contributed by atoms with Crippen LogP contribution in [0.1, 0.15) is 24.2 Å². The molecule has 0 aliphatic rings. The number of likely N-dealkylation sites (N-methyl/N-ethyl adjacent to an activating group) is 1. The lowest BCUT2D eigenvalue weighted by Gasteiger charge is -2.18. The maximum absolute atomic E-state index is 11.3. The first-order valence-corrected chi connectivity index (χ1v) is 6.70. The zero-order valence-electron chi connectivity index (χ0n) is 11.5. The van der Waals surface area contributed by atoms with E-state index in [1.54, 1.807) is 12.1 Å². The van der Waals surface area contributed by atoms with Gasteiger partial charge in [-0.1, -0.05) is 26.0 Å². The number of carbonyl (C=O) groups is 1. The van der Waals surface area contributed by atoms with Crippen LogP contribution >= 0.6 is 0 Å². The molecular formula is C15H20N2O2. The van der Waals surface area contributed by atoms with Crippen molar-refractivity contribution in [2.75, 3.05) is 19.6 Å². The molecule has 0 fully saturated rings. The van der Waals surface area contributed by atoms with Gasteiger partial charge < -0.3 is 14.6 Å². The molecule has 1 heterocycles. The van der Waals surface area contributed by atoms with Crippen LogP contribution in [0.15, 0.2) is 30.5 Å². The van der Waals surface area contributed by atoms with Crippen LogP contribution in [0.5, 0.6) is 0 Å². The summed E-state index contributed by atoms with van der Waals surface area (Å²) in [5.74, 6) is -0.867. The monoisotopic (exact) mass is 260 g/mol. The third-order valence-electron chi connectivity index (χ3n) is 3.57. The van der Waals surface area contributed by atoms with Gasteiger partial charge in [0.25, 0.3) is 0 Å². The van der Waals surface area contributed by atoms with Gasteiger partial charge in [-0.15, -0.1) is 0 Å². The molecule has 4 nitrogen and oxygen atoms in total. The Balaban J connectivity index is 2.31. The first-order chi connectivity index (χ1) is 9.17. The average molecular weight is 260 g/mol. The fraction of sp³-hybridized carbons (Fsp3) is 0.400. The SMILES string of the molecule is CCN(CC)CCn1ccc2cccc(C(=O)O)c21. The van der Waals surface area contributed by atoms with Crippen molar-refractivity contribution in [3.05, 3.63) is 36.0 Å². The van der Waals surface area contributed by atoms with Crippen LogP contribution in [-0.4, -0.2) is 40.2 Å². The number of hydrogen-bond acceptors (Lipinski definition) is 2. The number of aromatic carboxylic acids is 1. The van der Waals surface area contributed by atoms with E-state index in [-0.39, 0.29) is 0 Å². The number of fused-ring (bicyclic) bond motifs is 1. The van der Waals surface area contributed by atoms with E-state index in [0.717, 1.165) is 37.1 Å². The highest BCUT2D eigenvalue weighted by Crippen LogP contribution is 2.20. The second kappa shape index (κ2) is 5.89. The van der Waals surface area contributed by atoms with Gasteiger partial charge >= 0.3 is 5.97 Å². The van der Waals surface area contributed by atoms with E-state index in [9.17, 15) is 9.90 Å². The van der Waals surface area contributed by atoms with Crippen molar-refractivity contribution in [1.29, 1.82) is 0 Å². The van der Waals surface area contributed by atoms with E-state index in [4.69, 9.17) is 0 Å². The predicted molar refractivity (Wildman–Crippen MR) is 76.7 cm³/mol. The normalized spacial score (nSPS) is 11.3. The highest BCUT2D eigenvalue weighted by Gasteiger charge is 2.12. The minimum absolute atomic E-state index is 0.377. The van der Waals surface area contributed by atoms with Gasteiger partial charge in [0.2, 0.25) is 0 Å². The predicted octanol–water partition coefficient (Wildman–Crippen LogP) is 2.68. The first-order valence-electron chi connectivity index (χ1n) is 6.70. The zero-order valence-corrected chi connectivity index (χ0v) is 11.5. The number of benzene rings is 1. The van der Waals surface area contributed by atoms with E-state index in [1.807, 2.05) is 22.9 Å². The van der Waals surface area contributed by atoms with E-state index in [2.05, 4.69) is 18.7 Å². The van der Waals surface area contributed by atoms with Gasteiger partial charge in [0.1, 0.15) is 0 Å². The Bertz CT molecular complexity index is 571. The van der Waals surface area contributed by atoms with Crippen molar-refractivity contribution in [1.82, 2.24) is 9.47 Å². The summed E-state index contributed by atoms with van der Waals surface area (Å²) in [5.41, 5.74) is 1.20. The van der Waals surface area contributed by atoms with E-state index >= 15 is 0 Å². The van der Waals surface area contributed by atoms with Crippen LogP contribution in [-0.2, 0) is 6.54 Å². The third-order valence-corrected chi connectivity index (χ3v) is 3.57. The molecule has 19 heavy (non-hydrogen) atoms. The Morgan fingerprint density at radius 2 is 2.00 bits per heavy atom. The molecule has 1 aromatic carbocycles. The molecule has 0 spiro atoms. The Labute approximate surface area is 113 Å². The maximum Gasteiger partial charge on any atom is 0.337 e. The highest BCUT2D eigenvalue weighted by atomic mass is 16.4. The molecule has 1 aromatic heterocycles. The summed E-state index contributed by atoms with van der Waals surface area (Å²) in [7, 11) is 0. The van der Waals surface area contributed by atoms with Crippen molar-refractivity contribution >= 4 is 16.9 Å². The Kier molecular flexibility index (Phi) is 4.22. The summed E-state index contributed by atoms with van der Waals surface area (Å²) in [5, 5.41) is 10.3. The van der Waals surface area contributed by atoms with Gasteiger partial charge in [-0.2, -0.15) is 0 Å². The van der Waals surface area contributed by atoms with Crippen LogP contribution in [0.2, 0.25) is 0 Å². The second-order valence-electron chi connectivity index (χ2n) is 4.58. The van der Waals surface area contributed by atoms with Crippen molar-refractivity contribution < 1.29 is 9.90 Å². The van der Waals surface area contributed by atoms with Crippen LogP contribution in [0, 0.1) is 0 Å². The smallest absolute Gasteiger partial charge is 0.337 e. The molecule has 2 aromatic rings. The minimum atomic E-state index is -0.867. The molecule has 102 valence electrons. The molecule has 0 saturated carbocycles. The van der Waals surface area contributed by atoms with Crippen LogP contribution in [0.25, 0.3) is 10.9 Å². The summed E-state index contributed by atoms with van der Waals surface area (Å²) in [6.07, 6.45) is 1.97. The van der Waals surface area contributed by atoms with Gasteiger partial charge in [-0.05, 0) is 25.2 Å². The average Bonchev–Trinajstić information content (AvgIpc) is 2.83. The molecule has 1 N–H and O–H groups in total. The lowest BCUT2D eigenvalue weighted by molar-refractivity contribution is 0.0698. The van der Waals surface area contributed by atoms with E-state index in [1.165, 1.54) is 0 Å². The van der Waals surface area contributed by atoms with Gasteiger partial charge in [0.15, 0.2) is 0 Å². The minimum Gasteiger partial charge on any atom is -0.478 e. The van der Waals surface area contributed by atoms with Gasteiger partial charge in [-0.25, -0.2) is 4.79 Å². The number of nitrogens with zero attached hydrogens (tertiary/aromatic N) is 2. The number of rotatable bonds is 6. The fourth-order valence-corrected chi connectivity index (χ4v) is 2.41. The molecule has 0 unspecified atom stereocenters. The first kappa shape index (κ1) is 13.6. The maximum atomic E-state index is 11.3. The number of hydrogen-bond donors (Lipinski definition) is 1. The lowest BCUT2D eigenvalue weighted by atomic mass is 10.1. The lowest BCUT2D eigenvalue weighted by Crippen LogP contribution is -2.27. The standard InChI is InChI=1S/C15H20N2O2/c1-3-16(4-2)10-11-17-9-8-12-6-5-7-13(14(12)17)15(18)19/h5-9H,3-4,10-11H2,1-2H3,(H,18,19). The Hall–Kier alpha value is -1.81. The van der Waals surface area contributed by atoms with Gasteiger partial charge in [0, 0.05) is 24.7 Å². The molecule has 0 aliphatic carbocycles. The topological polar surface area (TPSA) is 45.5 Å². The fourth-order valence-electron chi connectivity index (χ4n) is 2.41. The quantitative estimate of drug-likeness (QED) is 0.868. The number of para-hydroxylation sites is 1. The molecular weight excluding hydrogens is 240 g/mol. The van der Waals surface area contributed by atoms with Crippen LogP contribution in [0.4, 0.5) is 0 Å². The number of aromatic nitrogens is 1. The van der Waals surface area contributed by atoms with E-state index in [0.29, 0.717) is 5.56 Å². The van der Waals surface area contributed by atoms with Crippen LogP contribution < -0.4 is 0 Å². The summed E-state index contributed by atoms with van der Waals surface area (Å²) in [6.45, 7) is 8.06. The summed E-state index contributed by atoms with van der Waals surface area (Å²) in [4.78, 5) is 13.6. The summed E-state index contributed by atoms with van der Waals surface area (Å²) >= 11 is 0. The Morgan fingerprint density at radius 3 is 2.63 bits per heavy atom. The van der Waals surface area contributed by atoms with Crippen molar-refractivity contribution in [2.24, 2.45) is 0 Å². The molecule has 4 heteroatoms. The van der Waals surface area contributed by atoms with E-state index < -0.39 is 5.97 Å². The molecule has 0 radical (unpaired) electrons. The van der Waals surface area contributed by atoms with Crippen molar-refractivity contribution in [3.8, 4) is 0 Å². The summed E-state index contributed by atoms with van der Waals surface area (Å²) < 4.78 is 2.04. The Morgan fingerprint density at radius 1 is 1.26 bits per heavy atom. The summed E-state index contributed by atoms with van der Waals surface area (Å²) in [6, 6.07) is 7.39. The highest BCUT2D eigenvalue weighted by molar-refractivity contribution is 6.02. The number of carboxylic acids is 1. The molecule has 0 amide bonds. The van der Waals surface area contributed by atoms with Crippen molar-refractivity contribution in [3.63, 3.8) is 0 Å². The van der Waals surface area contributed by atoms with Crippen LogP contribution in [0.3, 0.4) is 0 Å². The van der Waals surface area contributed by atoms with Gasteiger partial charge in [0.05, 0.1) is 11.1 Å². The number of carboxylic acid groups (broad SMARTS) is 1.